The quantitative estimate of drug-likeness (QED) is 0.638. The van der Waals surface area contributed by atoms with E-state index in [1.807, 2.05) is 20.8 Å². The number of H-pyrrole nitrogens is 1. The van der Waals surface area contributed by atoms with Crippen LogP contribution in [0.2, 0.25) is 0 Å². The number of carbonyl (C=O) groups is 2. The topological polar surface area (TPSA) is 95.5 Å². The lowest BCUT2D eigenvalue weighted by Gasteiger charge is -2.40. The Morgan fingerprint density at radius 2 is 1.85 bits per heavy atom. The molecule has 34 heavy (non-hydrogen) atoms. The number of aromatic nitrogens is 2. The molecule has 9 heteroatoms. The number of piperazine rings is 1. The van der Waals surface area contributed by atoms with Gasteiger partial charge in [0, 0.05) is 31.6 Å². The Morgan fingerprint density at radius 1 is 1.12 bits per heavy atom. The average molecular weight is 467 g/mol. The molecular weight excluding hydrogens is 439 g/mol. The summed E-state index contributed by atoms with van der Waals surface area (Å²) in [6, 6.07) is 10.7. The van der Waals surface area contributed by atoms with E-state index in [4.69, 9.17) is 0 Å². The Kier molecular flexibility index (Phi) is 6.37. The third kappa shape index (κ3) is 4.37. The maximum absolute atomic E-state index is 14.7. The number of nitrogens with zero attached hydrogens (tertiary/aromatic N) is 3. The second-order valence-corrected chi connectivity index (χ2v) is 8.96. The Balaban J connectivity index is 1.60. The van der Waals surface area contributed by atoms with Gasteiger partial charge in [0.25, 0.3) is 11.5 Å². The highest BCUT2D eigenvalue weighted by Gasteiger charge is 2.32. The van der Waals surface area contributed by atoms with E-state index in [2.05, 4.69) is 4.98 Å². The average Bonchev–Trinajstić information content (AvgIpc) is 2.81. The van der Waals surface area contributed by atoms with Crippen molar-refractivity contribution in [3.8, 4) is 0 Å². The fourth-order valence-electron chi connectivity index (χ4n) is 4.39. The van der Waals surface area contributed by atoms with Crippen LogP contribution in [0.4, 0.5) is 4.39 Å². The summed E-state index contributed by atoms with van der Waals surface area (Å²) in [5, 5.41) is 0.364. The van der Waals surface area contributed by atoms with Crippen molar-refractivity contribution in [3.05, 3.63) is 80.2 Å². The SMILES string of the molecule is CC(C)C(=O)N1CCN(C(=O)c2cc(Cn3c(=O)[nH]c(=O)c4ccccc43)ccc2F)C[C@H]1C. The van der Waals surface area contributed by atoms with Crippen molar-refractivity contribution in [2.45, 2.75) is 33.4 Å². The first-order valence-corrected chi connectivity index (χ1v) is 11.3. The van der Waals surface area contributed by atoms with Crippen LogP contribution in [0.3, 0.4) is 0 Å². The summed E-state index contributed by atoms with van der Waals surface area (Å²) in [5.74, 6) is -1.21. The van der Waals surface area contributed by atoms with Crippen molar-refractivity contribution < 1.29 is 14.0 Å². The second kappa shape index (κ2) is 9.24. The summed E-state index contributed by atoms with van der Waals surface area (Å²) in [7, 11) is 0. The van der Waals surface area contributed by atoms with Crippen molar-refractivity contribution in [1.82, 2.24) is 19.4 Å². The van der Waals surface area contributed by atoms with Crippen LogP contribution in [0.15, 0.2) is 52.1 Å². The molecule has 1 aromatic heterocycles. The van der Waals surface area contributed by atoms with Crippen molar-refractivity contribution in [2.24, 2.45) is 5.92 Å². The van der Waals surface area contributed by atoms with Crippen molar-refractivity contribution in [3.63, 3.8) is 0 Å². The van der Waals surface area contributed by atoms with Crippen molar-refractivity contribution >= 4 is 22.7 Å². The number of rotatable bonds is 4. The highest BCUT2D eigenvalue weighted by Crippen LogP contribution is 2.19. The van der Waals surface area contributed by atoms with Crippen LogP contribution in [0.1, 0.15) is 36.7 Å². The monoisotopic (exact) mass is 466 g/mol. The third-order valence-corrected chi connectivity index (χ3v) is 6.20. The molecule has 1 aliphatic rings. The van der Waals surface area contributed by atoms with Crippen LogP contribution in [0, 0.1) is 11.7 Å². The van der Waals surface area contributed by atoms with Gasteiger partial charge in [-0.1, -0.05) is 32.0 Å². The predicted octanol–water partition coefficient (Wildman–Crippen LogP) is 2.21. The van der Waals surface area contributed by atoms with E-state index in [1.165, 1.54) is 22.8 Å². The number of hydrogen-bond acceptors (Lipinski definition) is 4. The van der Waals surface area contributed by atoms with E-state index in [0.717, 1.165) is 0 Å². The van der Waals surface area contributed by atoms with E-state index < -0.39 is 23.0 Å². The molecular formula is C25H27FN4O4. The molecule has 3 aromatic rings. The van der Waals surface area contributed by atoms with Crippen LogP contribution < -0.4 is 11.2 Å². The number of nitrogens with one attached hydrogen (secondary N) is 1. The Morgan fingerprint density at radius 3 is 2.56 bits per heavy atom. The van der Waals surface area contributed by atoms with Gasteiger partial charge in [-0.3, -0.25) is 23.9 Å². The second-order valence-electron chi connectivity index (χ2n) is 8.96. The van der Waals surface area contributed by atoms with Gasteiger partial charge in [0.15, 0.2) is 0 Å². The minimum atomic E-state index is -0.652. The third-order valence-electron chi connectivity index (χ3n) is 6.20. The van der Waals surface area contributed by atoms with Gasteiger partial charge in [0.2, 0.25) is 5.91 Å². The molecule has 2 amide bonds. The van der Waals surface area contributed by atoms with E-state index in [9.17, 15) is 23.6 Å². The lowest BCUT2D eigenvalue weighted by molar-refractivity contribution is -0.138. The summed E-state index contributed by atoms with van der Waals surface area (Å²) < 4.78 is 16.1. The Labute approximate surface area is 195 Å². The molecule has 1 saturated heterocycles. The number of hydrogen-bond donors (Lipinski definition) is 1. The van der Waals surface area contributed by atoms with Gasteiger partial charge in [-0.05, 0) is 36.8 Å². The summed E-state index contributed by atoms with van der Waals surface area (Å²) in [6.07, 6.45) is 0. The van der Waals surface area contributed by atoms with Gasteiger partial charge in [-0.15, -0.1) is 0 Å². The zero-order valence-corrected chi connectivity index (χ0v) is 19.4. The van der Waals surface area contributed by atoms with E-state index in [-0.39, 0.29) is 30.0 Å². The number of halogens is 1. The molecule has 0 saturated carbocycles. The molecule has 1 fully saturated rings. The zero-order chi connectivity index (χ0) is 24.6. The zero-order valence-electron chi connectivity index (χ0n) is 19.4. The Bertz CT molecular complexity index is 1380. The first kappa shape index (κ1) is 23.4. The first-order chi connectivity index (χ1) is 16.2. The number of aromatic amines is 1. The van der Waals surface area contributed by atoms with Crippen LogP contribution >= 0.6 is 0 Å². The molecule has 0 radical (unpaired) electrons. The number of fused-ring (bicyclic) bond motifs is 1. The predicted molar refractivity (Wildman–Crippen MR) is 126 cm³/mol. The number of amides is 2. The molecule has 2 heterocycles. The molecule has 178 valence electrons. The van der Waals surface area contributed by atoms with Crippen LogP contribution in [-0.4, -0.2) is 56.8 Å². The number of benzene rings is 2. The molecule has 0 aliphatic carbocycles. The van der Waals surface area contributed by atoms with Gasteiger partial charge >= 0.3 is 5.69 Å². The minimum absolute atomic E-state index is 0.0337. The normalized spacial score (nSPS) is 16.3. The lowest BCUT2D eigenvalue weighted by Crippen LogP contribution is -2.56. The molecule has 1 N–H and O–H groups in total. The summed E-state index contributed by atoms with van der Waals surface area (Å²) in [6.45, 7) is 6.63. The highest BCUT2D eigenvalue weighted by atomic mass is 19.1. The number of para-hydroxylation sites is 1. The fraction of sp³-hybridized carbons (Fsp3) is 0.360. The maximum Gasteiger partial charge on any atom is 0.329 e. The number of carbonyl (C=O) groups excluding carboxylic acids is 2. The van der Waals surface area contributed by atoms with Crippen LogP contribution in [-0.2, 0) is 11.3 Å². The van der Waals surface area contributed by atoms with Gasteiger partial charge in [-0.2, -0.15) is 0 Å². The van der Waals surface area contributed by atoms with Crippen LogP contribution in [0.5, 0.6) is 0 Å². The van der Waals surface area contributed by atoms with E-state index in [1.54, 1.807) is 34.1 Å². The molecule has 0 spiro atoms. The first-order valence-electron chi connectivity index (χ1n) is 11.3. The standard InChI is InChI=1S/C25H27FN4O4/c1-15(2)23(32)29-11-10-28(13-16(29)3)24(33)19-12-17(8-9-20(19)26)14-30-21-7-5-4-6-18(21)22(31)27-25(30)34/h4-9,12,15-16H,10-11,13-14H2,1-3H3,(H,27,31,34)/t16-/m1/s1. The van der Waals surface area contributed by atoms with Gasteiger partial charge in [0.05, 0.1) is 23.0 Å². The highest BCUT2D eigenvalue weighted by molar-refractivity contribution is 5.95. The molecule has 1 aliphatic heterocycles. The molecule has 0 bridgehead atoms. The van der Waals surface area contributed by atoms with Crippen molar-refractivity contribution in [2.75, 3.05) is 19.6 Å². The van der Waals surface area contributed by atoms with E-state index >= 15 is 0 Å². The molecule has 2 aromatic carbocycles. The largest absolute Gasteiger partial charge is 0.336 e. The van der Waals surface area contributed by atoms with Gasteiger partial charge < -0.3 is 9.80 Å². The lowest BCUT2D eigenvalue weighted by atomic mass is 10.1. The fourth-order valence-corrected chi connectivity index (χ4v) is 4.39. The smallest absolute Gasteiger partial charge is 0.329 e. The molecule has 4 rings (SSSR count). The van der Waals surface area contributed by atoms with Gasteiger partial charge in [-0.25, -0.2) is 9.18 Å². The summed E-state index contributed by atoms with van der Waals surface area (Å²) >= 11 is 0. The Hall–Kier alpha value is -3.75. The van der Waals surface area contributed by atoms with E-state index in [0.29, 0.717) is 36.1 Å². The maximum atomic E-state index is 14.7. The summed E-state index contributed by atoms with van der Waals surface area (Å²) in [5.41, 5.74) is -0.147. The molecule has 0 unspecified atom stereocenters. The summed E-state index contributed by atoms with van der Waals surface area (Å²) in [4.78, 5) is 55.8. The van der Waals surface area contributed by atoms with Gasteiger partial charge in [0.1, 0.15) is 5.82 Å². The van der Waals surface area contributed by atoms with Crippen LogP contribution in [0.25, 0.3) is 10.9 Å². The minimum Gasteiger partial charge on any atom is -0.336 e. The molecule has 8 nitrogen and oxygen atoms in total. The van der Waals surface area contributed by atoms with Crippen molar-refractivity contribution in [1.29, 1.82) is 0 Å². The molecule has 1 atom stereocenters.